The zero-order valence-corrected chi connectivity index (χ0v) is 10.5. The molecule has 4 nitrogen and oxygen atoms in total. The Morgan fingerprint density at radius 2 is 2.27 bits per heavy atom. The summed E-state index contributed by atoms with van der Waals surface area (Å²) in [5, 5.41) is 0.661. The van der Waals surface area contributed by atoms with Gasteiger partial charge in [-0.05, 0) is 6.92 Å². The lowest BCUT2D eigenvalue weighted by atomic mass is 10.0. The number of nitrogens with zero attached hydrogens (tertiary/aromatic N) is 1. The molecule has 1 fully saturated rings. The number of amides is 1. The summed E-state index contributed by atoms with van der Waals surface area (Å²) in [7, 11) is 0. The number of nitrogens with two attached hydrogens (primary N) is 1. The first-order valence-corrected chi connectivity index (χ1v) is 6.47. The van der Waals surface area contributed by atoms with Crippen LogP contribution < -0.4 is 11.3 Å². The standard InChI is InChI=1S/C10H21N3OS/c1-7-6-13(4-5-15-7)9(3)8(2)10(14)12-11/h7-9H,4-6,11H2,1-3H3,(H,12,14). The maximum atomic E-state index is 11.4. The van der Waals surface area contributed by atoms with E-state index in [-0.39, 0.29) is 17.9 Å². The minimum atomic E-state index is -0.0756. The van der Waals surface area contributed by atoms with Crippen LogP contribution in [0.5, 0.6) is 0 Å². The number of carbonyl (C=O) groups excluding carboxylic acids is 1. The third-order valence-electron chi connectivity index (χ3n) is 3.13. The molecule has 0 saturated carbocycles. The molecule has 0 aromatic rings. The van der Waals surface area contributed by atoms with Gasteiger partial charge >= 0.3 is 0 Å². The van der Waals surface area contributed by atoms with Crippen LogP contribution in [-0.4, -0.2) is 40.9 Å². The molecule has 3 atom stereocenters. The Balaban J connectivity index is 2.51. The molecule has 88 valence electrons. The van der Waals surface area contributed by atoms with E-state index in [1.165, 1.54) is 0 Å². The van der Waals surface area contributed by atoms with Gasteiger partial charge in [0.2, 0.25) is 5.91 Å². The van der Waals surface area contributed by atoms with Crippen molar-refractivity contribution in [3.8, 4) is 0 Å². The van der Waals surface area contributed by atoms with E-state index in [2.05, 4.69) is 24.2 Å². The molecule has 0 radical (unpaired) electrons. The van der Waals surface area contributed by atoms with Crippen molar-refractivity contribution in [2.45, 2.75) is 32.1 Å². The molecule has 0 aromatic carbocycles. The number of thioether (sulfide) groups is 1. The van der Waals surface area contributed by atoms with E-state index in [1.54, 1.807) is 0 Å². The molecule has 1 rings (SSSR count). The van der Waals surface area contributed by atoms with Crippen molar-refractivity contribution < 1.29 is 4.79 Å². The van der Waals surface area contributed by atoms with Crippen LogP contribution in [0.1, 0.15) is 20.8 Å². The van der Waals surface area contributed by atoms with E-state index in [0.717, 1.165) is 18.8 Å². The second kappa shape index (κ2) is 5.72. The number of carbonyl (C=O) groups is 1. The molecule has 3 N–H and O–H groups in total. The van der Waals surface area contributed by atoms with Gasteiger partial charge in [0.05, 0.1) is 5.92 Å². The SMILES string of the molecule is CC1CN(C(C)C(C)C(=O)NN)CCS1. The fraction of sp³-hybridized carbons (Fsp3) is 0.900. The van der Waals surface area contributed by atoms with Crippen molar-refractivity contribution in [3.05, 3.63) is 0 Å². The van der Waals surface area contributed by atoms with E-state index in [1.807, 2.05) is 18.7 Å². The fourth-order valence-electron chi connectivity index (χ4n) is 1.88. The topological polar surface area (TPSA) is 58.4 Å². The van der Waals surface area contributed by atoms with Crippen molar-refractivity contribution in [1.29, 1.82) is 0 Å². The second-order valence-electron chi connectivity index (χ2n) is 4.21. The lowest BCUT2D eigenvalue weighted by Gasteiger charge is -2.37. The molecular formula is C10H21N3OS. The molecule has 3 unspecified atom stereocenters. The largest absolute Gasteiger partial charge is 0.298 e. The maximum Gasteiger partial charge on any atom is 0.238 e. The Labute approximate surface area is 95.9 Å². The third kappa shape index (κ3) is 3.36. The molecule has 1 aliphatic rings. The second-order valence-corrected chi connectivity index (χ2v) is 5.76. The Bertz CT molecular complexity index is 225. The predicted molar refractivity (Wildman–Crippen MR) is 64.4 cm³/mol. The third-order valence-corrected chi connectivity index (χ3v) is 4.26. The minimum absolute atomic E-state index is 0.0506. The Morgan fingerprint density at radius 1 is 1.60 bits per heavy atom. The smallest absolute Gasteiger partial charge is 0.238 e. The summed E-state index contributed by atoms with van der Waals surface area (Å²) in [5.74, 6) is 6.17. The zero-order valence-electron chi connectivity index (χ0n) is 9.69. The first-order valence-electron chi connectivity index (χ1n) is 5.42. The maximum absolute atomic E-state index is 11.4. The van der Waals surface area contributed by atoms with Gasteiger partial charge < -0.3 is 0 Å². The fourth-order valence-corrected chi connectivity index (χ4v) is 2.92. The van der Waals surface area contributed by atoms with E-state index >= 15 is 0 Å². The normalized spacial score (nSPS) is 27.1. The lowest BCUT2D eigenvalue weighted by Crippen LogP contribution is -2.49. The van der Waals surface area contributed by atoms with Gasteiger partial charge in [-0.3, -0.25) is 15.1 Å². The van der Waals surface area contributed by atoms with Gasteiger partial charge in [-0.2, -0.15) is 11.8 Å². The number of hydrogen-bond donors (Lipinski definition) is 2. The quantitative estimate of drug-likeness (QED) is 0.420. The van der Waals surface area contributed by atoms with Crippen molar-refractivity contribution in [3.63, 3.8) is 0 Å². The Morgan fingerprint density at radius 3 is 2.80 bits per heavy atom. The van der Waals surface area contributed by atoms with Gasteiger partial charge in [-0.1, -0.05) is 13.8 Å². The molecule has 0 aliphatic carbocycles. The molecule has 0 aromatic heterocycles. The van der Waals surface area contributed by atoms with Crippen LogP contribution in [0.3, 0.4) is 0 Å². The van der Waals surface area contributed by atoms with E-state index in [9.17, 15) is 4.79 Å². The van der Waals surface area contributed by atoms with Crippen LogP contribution in [0.15, 0.2) is 0 Å². The molecule has 1 heterocycles. The Kier molecular flexibility index (Phi) is 4.89. The molecule has 15 heavy (non-hydrogen) atoms. The minimum Gasteiger partial charge on any atom is -0.298 e. The Hall–Kier alpha value is -0.260. The van der Waals surface area contributed by atoms with Crippen molar-refractivity contribution in [1.82, 2.24) is 10.3 Å². The molecule has 0 bridgehead atoms. The molecule has 1 aliphatic heterocycles. The lowest BCUT2D eigenvalue weighted by molar-refractivity contribution is -0.126. The van der Waals surface area contributed by atoms with Gasteiger partial charge in [0.15, 0.2) is 0 Å². The number of nitrogens with one attached hydrogen (secondary N) is 1. The van der Waals surface area contributed by atoms with Gasteiger partial charge in [-0.25, -0.2) is 5.84 Å². The van der Waals surface area contributed by atoms with Gasteiger partial charge in [0, 0.05) is 30.1 Å². The highest BCUT2D eigenvalue weighted by Gasteiger charge is 2.28. The van der Waals surface area contributed by atoms with Crippen LogP contribution in [-0.2, 0) is 4.79 Å². The average molecular weight is 231 g/mol. The van der Waals surface area contributed by atoms with Crippen LogP contribution in [0.4, 0.5) is 0 Å². The van der Waals surface area contributed by atoms with Gasteiger partial charge in [0.1, 0.15) is 0 Å². The molecule has 1 saturated heterocycles. The van der Waals surface area contributed by atoms with E-state index < -0.39 is 0 Å². The molecule has 1 amide bonds. The highest BCUT2D eigenvalue weighted by molar-refractivity contribution is 7.99. The summed E-state index contributed by atoms with van der Waals surface area (Å²) in [6.45, 7) is 8.39. The highest BCUT2D eigenvalue weighted by atomic mass is 32.2. The van der Waals surface area contributed by atoms with Crippen molar-refractivity contribution in [2.75, 3.05) is 18.8 Å². The van der Waals surface area contributed by atoms with Gasteiger partial charge in [0.25, 0.3) is 0 Å². The average Bonchev–Trinajstić information content (AvgIpc) is 2.26. The molecule has 5 heteroatoms. The zero-order chi connectivity index (χ0) is 11.4. The van der Waals surface area contributed by atoms with Crippen LogP contribution >= 0.6 is 11.8 Å². The van der Waals surface area contributed by atoms with E-state index in [0.29, 0.717) is 5.25 Å². The summed E-state index contributed by atoms with van der Waals surface area (Å²) in [6.07, 6.45) is 0. The van der Waals surface area contributed by atoms with E-state index in [4.69, 9.17) is 5.84 Å². The number of hydrogen-bond acceptors (Lipinski definition) is 4. The predicted octanol–water partition coefficient (Wildman–Crippen LogP) is 0.438. The summed E-state index contributed by atoms with van der Waals surface area (Å²) in [4.78, 5) is 13.8. The summed E-state index contributed by atoms with van der Waals surface area (Å²) in [5.41, 5.74) is 2.23. The molecule has 0 spiro atoms. The molecular weight excluding hydrogens is 210 g/mol. The van der Waals surface area contributed by atoms with Crippen molar-refractivity contribution in [2.24, 2.45) is 11.8 Å². The first-order chi connectivity index (χ1) is 7.06. The van der Waals surface area contributed by atoms with Crippen LogP contribution in [0.2, 0.25) is 0 Å². The van der Waals surface area contributed by atoms with Crippen LogP contribution in [0, 0.1) is 5.92 Å². The van der Waals surface area contributed by atoms with Gasteiger partial charge in [-0.15, -0.1) is 0 Å². The number of hydrazine groups is 1. The summed E-state index contributed by atoms with van der Waals surface area (Å²) < 4.78 is 0. The number of rotatable bonds is 3. The monoisotopic (exact) mass is 231 g/mol. The summed E-state index contributed by atoms with van der Waals surface area (Å²) >= 11 is 2.00. The first kappa shape index (κ1) is 12.8. The van der Waals surface area contributed by atoms with Crippen LogP contribution in [0.25, 0.3) is 0 Å². The summed E-state index contributed by atoms with van der Waals surface area (Å²) in [6, 6.07) is 0.261. The van der Waals surface area contributed by atoms with Crippen molar-refractivity contribution >= 4 is 17.7 Å². The highest BCUT2D eigenvalue weighted by Crippen LogP contribution is 2.22.